The highest BCUT2D eigenvalue weighted by Gasteiger charge is 2.06. The molecule has 2 rings (SSSR count). The molecule has 0 aliphatic rings. The summed E-state index contributed by atoms with van der Waals surface area (Å²) in [7, 11) is 1.66. The second kappa shape index (κ2) is 5.60. The van der Waals surface area contributed by atoms with Crippen molar-refractivity contribution in [3.05, 3.63) is 45.1 Å². The zero-order valence-corrected chi connectivity index (χ0v) is 12.4. The quantitative estimate of drug-likeness (QED) is 0.859. The molecular formula is C12H12Br2N2O. The Morgan fingerprint density at radius 2 is 2.12 bits per heavy atom. The Kier molecular flexibility index (Phi) is 4.12. The van der Waals surface area contributed by atoms with Crippen LogP contribution in [0.15, 0.2) is 39.5 Å². The summed E-state index contributed by atoms with van der Waals surface area (Å²) in [6.45, 7) is 0.771. The van der Waals surface area contributed by atoms with Crippen LogP contribution < -0.4 is 10.1 Å². The molecule has 2 N–H and O–H groups in total. The summed E-state index contributed by atoms with van der Waals surface area (Å²) >= 11 is 6.96. The van der Waals surface area contributed by atoms with Crippen molar-refractivity contribution in [2.75, 3.05) is 12.4 Å². The number of methoxy groups -OCH3 is 1. The largest absolute Gasteiger partial charge is 0.495 e. The number of H-pyrrole nitrogens is 1. The summed E-state index contributed by atoms with van der Waals surface area (Å²) in [5, 5.41) is 3.35. The van der Waals surface area contributed by atoms with Crippen LogP contribution in [0.3, 0.4) is 0 Å². The molecular weight excluding hydrogens is 348 g/mol. The van der Waals surface area contributed by atoms with Gasteiger partial charge in [-0.2, -0.15) is 0 Å². The minimum atomic E-state index is 0.771. The van der Waals surface area contributed by atoms with E-state index in [1.165, 1.54) is 5.56 Å². The number of aromatic nitrogens is 1. The maximum absolute atomic E-state index is 5.26. The van der Waals surface area contributed by atoms with E-state index in [1.54, 1.807) is 7.11 Å². The molecule has 17 heavy (non-hydrogen) atoms. The van der Waals surface area contributed by atoms with Crippen molar-refractivity contribution in [1.82, 2.24) is 4.98 Å². The van der Waals surface area contributed by atoms with Gasteiger partial charge in [0, 0.05) is 29.5 Å². The van der Waals surface area contributed by atoms with E-state index < -0.39 is 0 Å². The molecule has 1 aromatic carbocycles. The van der Waals surface area contributed by atoms with Crippen LogP contribution in [-0.2, 0) is 6.54 Å². The van der Waals surface area contributed by atoms with Crippen molar-refractivity contribution in [2.24, 2.45) is 0 Å². The van der Waals surface area contributed by atoms with Crippen molar-refractivity contribution in [2.45, 2.75) is 6.54 Å². The number of hydrogen-bond donors (Lipinski definition) is 2. The predicted octanol–water partition coefficient (Wildman–Crippen LogP) is 4.16. The van der Waals surface area contributed by atoms with Crippen LogP contribution in [0.1, 0.15) is 5.56 Å². The van der Waals surface area contributed by atoms with Gasteiger partial charge >= 0.3 is 0 Å². The molecule has 1 aromatic heterocycles. The molecule has 0 unspecified atom stereocenters. The van der Waals surface area contributed by atoms with Gasteiger partial charge in [0.1, 0.15) is 5.75 Å². The van der Waals surface area contributed by atoms with E-state index in [0.29, 0.717) is 0 Å². The molecule has 2 aromatic rings. The lowest BCUT2D eigenvalue weighted by atomic mass is 10.2. The summed E-state index contributed by atoms with van der Waals surface area (Å²) in [4.78, 5) is 3.03. The monoisotopic (exact) mass is 358 g/mol. The van der Waals surface area contributed by atoms with Crippen molar-refractivity contribution in [1.29, 1.82) is 0 Å². The number of ether oxygens (including phenoxy) is 1. The van der Waals surface area contributed by atoms with Crippen LogP contribution in [0.2, 0.25) is 0 Å². The lowest BCUT2D eigenvalue weighted by molar-refractivity contribution is 0.412. The van der Waals surface area contributed by atoms with E-state index in [1.807, 2.05) is 30.6 Å². The first-order chi connectivity index (χ1) is 8.20. The van der Waals surface area contributed by atoms with E-state index in [4.69, 9.17) is 4.74 Å². The second-order valence-corrected chi connectivity index (χ2v) is 5.25. The van der Waals surface area contributed by atoms with Crippen LogP contribution in [0.5, 0.6) is 5.75 Å². The summed E-state index contributed by atoms with van der Waals surface area (Å²) < 4.78 is 7.19. The van der Waals surface area contributed by atoms with Crippen molar-refractivity contribution in [3.63, 3.8) is 0 Å². The average Bonchev–Trinajstić information content (AvgIpc) is 2.81. The summed E-state index contributed by atoms with van der Waals surface area (Å²) in [5.74, 6) is 0.810. The van der Waals surface area contributed by atoms with E-state index in [0.717, 1.165) is 26.9 Å². The predicted molar refractivity (Wildman–Crippen MR) is 76.5 cm³/mol. The standard InChI is InChI=1S/C12H12Br2N2O/c1-17-12-5-11(9(13)4-10(12)14)16-7-8-2-3-15-6-8/h2-6,15-16H,7H2,1H3. The van der Waals surface area contributed by atoms with E-state index in [2.05, 4.69) is 42.2 Å². The molecule has 3 nitrogen and oxygen atoms in total. The first-order valence-corrected chi connectivity index (χ1v) is 6.68. The van der Waals surface area contributed by atoms with Gasteiger partial charge in [-0.3, -0.25) is 0 Å². The molecule has 0 atom stereocenters. The molecule has 0 aliphatic carbocycles. The summed E-state index contributed by atoms with van der Waals surface area (Å²) in [6, 6.07) is 5.97. The number of rotatable bonds is 4. The van der Waals surface area contributed by atoms with Crippen molar-refractivity contribution < 1.29 is 4.74 Å². The highest BCUT2D eigenvalue weighted by atomic mass is 79.9. The summed E-state index contributed by atoms with van der Waals surface area (Å²) in [5.41, 5.74) is 2.21. The highest BCUT2D eigenvalue weighted by Crippen LogP contribution is 2.34. The molecule has 0 aliphatic heterocycles. The fourth-order valence-corrected chi connectivity index (χ4v) is 2.78. The average molecular weight is 360 g/mol. The number of hydrogen-bond acceptors (Lipinski definition) is 2. The normalized spacial score (nSPS) is 10.3. The van der Waals surface area contributed by atoms with Gasteiger partial charge in [0.25, 0.3) is 0 Å². The maximum Gasteiger partial charge on any atom is 0.135 e. The zero-order valence-electron chi connectivity index (χ0n) is 9.26. The Labute approximate surface area is 117 Å². The molecule has 0 saturated carbocycles. The third-order valence-corrected chi connectivity index (χ3v) is 3.66. The molecule has 0 amide bonds. The topological polar surface area (TPSA) is 37.0 Å². The maximum atomic E-state index is 5.26. The van der Waals surface area contributed by atoms with Crippen LogP contribution in [0, 0.1) is 0 Å². The van der Waals surface area contributed by atoms with Gasteiger partial charge in [0.05, 0.1) is 17.3 Å². The summed E-state index contributed by atoms with van der Waals surface area (Å²) in [6.07, 6.45) is 3.88. The number of anilines is 1. The Morgan fingerprint density at radius 3 is 2.76 bits per heavy atom. The zero-order chi connectivity index (χ0) is 12.3. The van der Waals surface area contributed by atoms with Gasteiger partial charge in [0.15, 0.2) is 0 Å². The second-order valence-electron chi connectivity index (χ2n) is 3.54. The van der Waals surface area contributed by atoms with Gasteiger partial charge in [0.2, 0.25) is 0 Å². The molecule has 5 heteroatoms. The van der Waals surface area contributed by atoms with E-state index in [-0.39, 0.29) is 0 Å². The number of halogens is 2. The van der Waals surface area contributed by atoms with Gasteiger partial charge in [-0.1, -0.05) is 0 Å². The van der Waals surface area contributed by atoms with E-state index in [9.17, 15) is 0 Å². The lowest BCUT2D eigenvalue weighted by Gasteiger charge is -2.11. The fraction of sp³-hybridized carbons (Fsp3) is 0.167. The first-order valence-electron chi connectivity index (χ1n) is 5.09. The minimum Gasteiger partial charge on any atom is -0.495 e. The Balaban J connectivity index is 2.15. The van der Waals surface area contributed by atoms with Gasteiger partial charge in [-0.05, 0) is 49.6 Å². The van der Waals surface area contributed by atoms with Gasteiger partial charge in [-0.15, -0.1) is 0 Å². The Bertz CT molecular complexity index is 497. The number of benzene rings is 1. The Hall–Kier alpha value is -0.940. The molecule has 1 heterocycles. The smallest absolute Gasteiger partial charge is 0.135 e. The van der Waals surface area contributed by atoms with Crippen molar-refractivity contribution in [3.8, 4) is 5.75 Å². The molecule has 0 fully saturated rings. The molecule has 90 valence electrons. The lowest BCUT2D eigenvalue weighted by Crippen LogP contribution is -1.99. The van der Waals surface area contributed by atoms with Crippen LogP contribution in [-0.4, -0.2) is 12.1 Å². The fourth-order valence-electron chi connectivity index (χ4n) is 1.49. The molecule has 0 saturated heterocycles. The first kappa shape index (κ1) is 12.5. The minimum absolute atomic E-state index is 0.771. The SMILES string of the molecule is COc1cc(NCc2cc[nH]c2)c(Br)cc1Br. The molecule has 0 bridgehead atoms. The highest BCUT2D eigenvalue weighted by molar-refractivity contribution is 9.11. The molecule has 0 spiro atoms. The molecule has 0 radical (unpaired) electrons. The van der Waals surface area contributed by atoms with Crippen LogP contribution in [0.25, 0.3) is 0 Å². The van der Waals surface area contributed by atoms with Crippen molar-refractivity contribution >= 4 is 37.5 Å². The third-order valence-electron chi connectivity index (χ3n) is 2.39. The number of aromatic amines is 1. The van der Waals surface area contributed by atoms with Gasteiger partial charge < -0.3 is 15.0 Å². The Morgan fingerprint density at radius 1 is 1.29 bits per heavy atom. The van der Waals surface area contributed by atoms with Crippen LogP contribution in [0.4, 0.5) is 5.69 Å². The number of nitrogens with one attached hydrogen (secondary N) is 2. The third kappa shape index (κ3) is 3.04. The van der Waals surface area contributed by atoms with Gasteiger partial charge in [-0.25, -0.2) is 0 Å². The van der Waals surface area contributed by atoms with Crippen LogP contribution >= 0.6 is 31.9 Å². The van der Waals surface area contributed by atoms with E-state index >= 15 is 0 Å².